The van der Waals surface area contributed by atoms with Crippen molar-refractivity contribution in [3.05, 3.63) is 64.0 Å². The fourth-order valence-corrected chi connectivity index (χ4v) is 3.57. The average molecular weight is 353 g/mol. The van der Waals surface area contributed by atoms with Crippen molar-refractivity contribution in [2.45, 2.75) is 60.7 Å². The van der Waals surface area contributed by atoms with E-state index in [2.05, 4.69) is 55.9 Å². The number of hydrogen-bond acceptors (Lipinski definition) is 2. The van der Waals surface area contributed by atoms with Gasteiger partial charge in [0, 0.05) is 43.1 Å². The lowest BCUT2D eigenvalue weighted by Gasteiger charge is -2.30. The minimum atomic E-state index is 0.802. The lowest BCUT2D eigenvalue weighted by molar-refractivity contribution is 0.112. The first-order valence-electron chi connectivity index (χ1n) is 9.54. The van der Waals surface area contributed by atoms with E-state index in [1.165, 1.54) is 34.5 Å². The monoisotopic (exact) mass is 352 g/mol. The summed E-state index contributed by atoms with van der Waals surface area (Å²) in [5.74, 6) is 0. The molecule has 3 rings (SSSR count). The van der Waals surface area contributed by atoms with E-state index in [1.807, 2.05) is 19.1 Å². The number of fused-ring (bicyclic) bond motifs is 1. The first-order chi connectivity index (χ1) is 12.4. The largest absolute Gasteiger partial charge is 0.342 e. The van der Waals surface area contributed by atoms with Gasteiger partial charge in [0.05, 0.1) is 0 Å². The Morgan fingerprint density at radius 3 is 2.35 bits per heavy atom. The zero-order valence-electron chi connectivity index (χ0n) is 16.9. The SMILES string of the molecule is C=Cc1c(C)cc2n1CCN(Cc1cc(C=O)c(C)cc1C)C2.CCC. The van der Waals surface area contributed by atoms with Gasteiger partial charge in [-0.3, -0.25) is 9.69 Å². The molecule has 0 amide bonds. The number of aryl methyl sites for hydroxylation is 3. The van der Waals surface area contributed by atoms with Crippen LogP contribution in [-0.2, 0) is 19.6 Å². The zero-order chi connectivity index (χ0) is 19.3. The predicted octanol–water partition coefficient (Wildman–Crippen LogP) is 5.30. The Kier molecular flexibility index (Phi) is 6.98. The quantitative estimate of drug-likeness (QED) is 0.698. The van der Waals surface area contributed by atoms with Crippen LogP contribution in [0.2, 0.25) is 0 Å². The maximum absolute atomic E-state index is 11.2. The summed E-state index contributed by atoms with van der Waals surface area (Å²) in [7, 11) is 0. The van der Waals surface area contributed by atoms with Crippen LogP contribution in [0.4, 0.5) is 0 Å². The minimum absolute atomic E-state index is 0.802. The molecule has 1 aromatic carbocycles. The van der Waals surface area contributed by atoms with Crippen molar-refractivity contribution in [3.63, 3.8) is 0 Å². The number of nitrogens with zero attached hydrogens (tertiary/aromatic N) is 2. The van der Waals surface area contributed by atoms with Gasteiger partial charge < -0.3 is 4.57 Å². The lowest BCUT2D eigenvalue weighted by atomic mass is 10.00. The molecule has 2 aromatic rings. The molecule has 0 unspecified atom stereocenters. The molecule has 3 heteroatoms. The maximum atomic E-state index is 11.2. The van der Waals surface area contributed by atoms with Crippen molar-refractivity contribution in [1.82, 2.24) is 9.47 Å². The average Bonchev–Trinajstić information content (AvgIpc) is 2.92. The number of benzene rings is 1. The van der Waals surface area contributed by atoms with E-state index in [4.69, 9.17) is 0 Å². The highest BCUT2D eigenvalue weighted by Gasteiger charge is 2.20. The Hall–Kier alpha value is -2.13. The fourth-order valence-electron chi connectivity index (χ4n) is 3.57. The van der Waals surface area contributed by atoms with Gasteiger partial charge in [-0.2, -0.15) is 0 Å². The number of hydrogen-bond donors (Lipinski definition) is 0. The van der Waals surface area contributed by atoms with E-state index < -0.39 is 0 Å². The van der Waals surface area contributed by atoms with E-state index in [0.717, 1.165) is 43.6 Å². The predicted molar refractivity (Wildman–Crippen MR) is 111 cm³/mol. The van der Waals surface area contributed by atoms with E-state index in [-0.39, 0.29) is 0 Å². The van der Waals surface area contributed by atoms with Crippen LogP contribution in [0.3, 0.4) is 0 Å². The summed E-state index contributed by atoms with van der Waals surface area (Å²) in [5, 5.41) is 0. The van der Waals surface area contributed by atoms with Crippen LogP contribution in [0, 0.1) is 20.8 Å². The molecule has 26 heavy (non-hydrogen) atoms. The van der Waals surface area contributed by atoms with E-state index >= 15 is 0 Å². The number of rotatable bonds is 4. The van der Waals surface area contributed by atoms with Crippen molar-refractivity contribution < 1.29 is 4.79 Å². The molecule has 1 aliphatic heterocycles. The Bertz CT molecular complexity index is 786. The fraction of sp³-hybridized carbons (Fsp3) is 0.435. The summed E-state index contributed by atoms with van der Waals surface area (Å²) in [6.45, 7) is 18.3. The molecule has 2 heterocycles. The second kappa shape index (κ2) is 9.00. The van der Waals surface area contributed by atoms with Gasteiger partial charge in [0.15, 0.2) is 0 Å². The van der Waals surface area contributed by atoms with Gasteiger partial charge in [-0.15, -0.1) is 0 Å². The molecule has 0 N–H and O–H groups in total. The van der Waals surface area contributed by atoms with Crippen molar-refractivity contribution >= 4 is 12.4 Å². The Morgan fingerprint density at radius 2 is 1.73 bits per heavy atom. The number of aldehydes is 1. The number of carbonyl (C=O) groups is 1. The molecule has 0 radical (unpaired) electrons. The van der Waals surface area contributed by atoms with Crippen LogP contribution in [0.25, 0.3) is 6.08 Å². The molecule has 1 aromatic heterocycles. The van der Waals surface area contributed by atoms with Gasteiger partial charge in [0.1, 0.15) is 6.29 Å². The molecule has 0 spiro atoms. The molecule has 1 aliphatic rings. The summed E-state index contributed by atoms with van der Waals surface area (Å²) in [6.07, 6.45) is 4.16. The van der Waals surface area contributed by atoms with Gasteiger partial charge in [-0.1, -0.05) is 32.9 Å². The Labute approximate surface area is 158 Å². The van der Waals surface area contributed by atoms with Crippen molar-refractivity contribution in [1.29, 1.82) is 0 Å². The third-order valence-corrected chi connectivity index (χ3v) is 4.89. The summed E-state index contributed by atoms with van der Waals surface area (Å²) >= 11 is 0. The zero-order valence-corrected chi connectivity index (χ0v) is 16.9. The summed E-state index contributed by atoms with van der Waals surface area (Å²) in [5.41, 5.74) is 8.26. The second-order valence-corrected chi connectivity index (χ2v) is 7.23. The van der Waals surface area contributed by atoms with Crippen LogP contribution in [-0.4, -0.2) is 22.3 Å². The molecule has 140 valence electrons. The van der Waals surface area contributed by atoms with Gasteiger partial charge in [0.25, 0.3) is 0 Å². The highest BCUT2D eigenvalue weighted by atomic mass is 16.1. The molecule has 0 bridgehead atoms. The van der Waals surface area contributed by atoms with Crippen LogP contribution >= 0.6 is 0 Å². The molecule has 0 saturated carbocycles. The summed E-state index contributed by atoms with van der Waals surface area (Å²) in [6, 6.07) is 6.43. The van der Waals surface area contributed by atoms with Gasteiger partial charge >= 0.3 is 0 Å². The van der Waals surface area contributed by atoms with Crippen molar-refractivity contribution in [2.75, 3.05) is 6.54 Å². The second-order valence-electron chi connectivity index (χ2n) is 7.23. The third kappa shape index (κ3) is 4.34. The summed E-state index contributed by atoms with van der Waals surface area (Å²) < 4.78 is 2.37. The van der Waals surface area contributed by atoms with Crippen molar-refractivity contribution in [2.24, 2.45) is 0 Å². The van der Waals surface area contributed by atoms with E-state index in [1.54, 1.807) is 0 Å². The van der Waals surface area contributed by atoms with Gasteiger partial charge in [-0.25, -0.2) is 0 Å². The Morgan fingerprint density at radius 1 is 1.04 bits per heavy atom. The van der Waals surface area contributed by atoms with E-state index in [9.17, 15) is 4.79 Å². The standard InChI is InChI=1S/C20H24N2O.C3H8/c1-5-20-16(4)9-19-12-21(6-7-22(19)20)11-17-10-18(13-23)15(3)8-14(17)2;1-3-2/h5,8-10,13H,1,6-7,11-12H2,2-4H3;3H2,1-2H3. The van der Waals surface area contributed by atoms with Gasteiger partial charge in [-0.05, 0) is 61.2 Å². The van der Waals surface area contributed by atoms with Crippen LogP contribution in [0.15, 0.2) is 24.8 Å². The lowest BCUT2D eigenvalue weighted by Crippen LogP contribution is -2.33. The van der Waals surface area contributed by atoms with E-state index in [0.29, 0.717) is 0 Å². The highest BCUT2D eigenvalue weighted by molar-refractivity contribution is 5.77. The number of aromatic nitrogens is 1. The third-order valence-electron chi connectivity index (χ3n) is 4.89. The highest BCUT2D eigenvalue weighted by Crippen LogP contribution is 2.24. The van der Waals surface area contributed by atoms with Crippen molar-refractivity contribution in [3.8, 4) is 0 Å². The Balaban J connectivity index is 0.000000758. The van der Waals surface area contributed by atoms with Crippen LogP contribution < -0.4 is 0 Å². The molecule has 0 atom stereocenters. The topological polar surface area (TPSA) is 25.2 Å². The molecule has 0 aliphatic carbocycles. The minimum Gasteiger partial charge on any atom is -0.342 e. The summed E-state index contributed by atoms with van der Waals surface area (Å²) in [4.78, 5) is 13.6. The number of carbonyl (C=O) groups excluding carboxylic acids is 1. The molecule has 0 fully saturated rings. The molecule has 0 saturated heterocycles. The van der Waals surface area contributed by atoms with Gasteiger partial charge in [0.2, 0.25) is 0 Å². The van der Waals surface area contributed by atoms with Crippen LogP contribution in [0.1, 0.15) is 64.3 Å². The molecular weight excluding hydrogens is 320 g/mol. The first-order valence-corrected chi connectivity index (χ1v) is 9.54. The normalized spacial score (nSPS) is 13.6. The first kappa shape index (κ1) is 20.2. The molecular formula is C23H32N2O. The van der Waals surface area contributed by atoms with Crippen LogP contribution in [0.5, 0.6) is 0 Å². The smallest absolute Gasteiger partial charge is 0.150 e. The molecule has 3 nitrogen and oxygen atoms in total. The maximum Gasteiger partial charge on any atom is 0.150 e.